The molecule has 1 N–H and O–H groups in total. The molecule has 0 unspecified atom stereocenters. The van der Waals surface area contributed by atoms with Crippen LogP contribution in [0.4, 0.5) is 0 Å². The Labute approximate surface area is 72.6 Å². The van der Waals surface area contributed by atoms with E-state index in [2.05, 4.69) is 11.4 Å². The van der Waals surface area contributed by atoms with Gasteiger partial charge in [0.1, 0.15) is 0 Å². The summed E-state index contributed by atoms with van der Waals surface area (Å²) >= 11 is 0. The molecule has 0 spiro atoms. The Morgan fingerprint density at radius 2 is 2.50 bits per heavy atom. The first-order valence-corrected chi connectivity index (χ1v) is 3.98. The van der Waals surface area contributed by atoms with Gasteiger partial charge >= 0.3 is 0 Å². The van der Waals surface area contributed by atoms with E-state index in [1.807, 2.05) is 24.3 Å². The van der Waals surface area contributed by atoms with Crippen molar-refractivity contribution in [3.8, 4) is 0 Å². The predicted molar refractivity (Wildman–Crippen MR) is 47.7 cm³/mol. The van der Waals surface area contributed by atoms with Crippen molar-refractivity contribution in [3.63, 3.8) is 0 Å². The highest BCUT2D eigenvalue weighted by Gasteiger charge is 1.92. The predicted octanol–water partition coefficient (Wildman–Crippen LogP) is 1.17. The van der Waals surface area contributed by atoms with Gasteiger partial charge < -0.3 is 5.32 Å². The molecule has 0 bridgehead atoms. The molecule has 0 aliphatic rings. The number of carbonyl (C=O) groups is 1. The second-order valence-corrected chi connectivity index (χ2v) is 2.64. The molecule has 1 radical (unpaired) electrons. The Kier molecular flexibility index (Phi) is 3.33. The van der Waals surface area contributed by atoms with Crippen molar-refractivity contribution in [1.29, 1.82) is 0 Å². The molecule has 0 saturated carbocycles. The molecule has 2 heteroatoms. The quantitative estimate of drug-likeness (QED) is 0.710. The highest BCUT2D eigenvalue weighted by atomic mass is 16.1. The van der Waals surface area contributed by atoms with Crippen molar-refractivity contribution in [2.45, 2.75) is 13.3 Å². The van der Waals surface area contributed by atoms with E-state index < -0.39 is 0 Å². The van der Waals surface area contributed by atoms with E-state index in [9.17, 15) is 4.79 Å². The topological polar surface area (TPSA) is 29.1 Å². The molecule has 1 aromatic carbocycles. The fourth-order valence-corrected chi connectivity index (χ4v) is 0.969. The Morgan fingerprint density at radius 3 is 3.08 bits per heavy atom. The summed E-state index contributed by atoms with van der Waals surface area (Å²) in [5, 5.41) is 2.74. The summed E-state index contributed by atoms with van der Waals surface area (Å²) < 4.78 is 0. The molecule has 0 aliphatic heterocycles. The molecular weight excluding hydrogens is 150 g/mol. The fraction of sp³-hybridized carbons (Fsp3) is 0.300. The van der Waals surface area contributed by atoms with Crippen LogP contribution in [0.25, 0.3) is 0 Å². The van der Waals surface area contributed by atoms with Crippen LogP contribution in [-0.4, -0.2) is 12.5 Å². The minimum Gasteiger partial charge on any atom is -0.356 e. The van der Waals surface area contributed by atoms with E-state index in [1.165, 1.54) is 12.5 Å². The van der Waals surface area contributed by atoms with E-state index in [0.717, 1.165) is 6.42 Å². The van der Waals surface area contributed by atoms with Gasteiger partial charge in [0.25, 0.3) is 0 Å². The molecule has 0 fully saturated rings. The van der Waals surface area contributed by atoms with Crippen molar-refractivity contribution >= 4 is 5.91 Å². The summed E-state index contributed by atoms with van der Waals surface area (Å²) in [5.41, 5.74) is 1.20. The number of nitrogens with one attached hydrogen (secondary N) is 1. The first-order chi connectivity index (χ1) is 5.79. The van der Waals surface area contributed by atoms with E-state index >= 15 is 0 Å². The monoisotopic (exact) mass is 162 g/mol. The van der Waals surface area contributed by atoms with Crippen LogP contribution in [0.3, 0.4) is 0 Å². The molecule has 0 atom stereocenters. The SMILES string of the molecule is CC(=O)NCCc1c[c]ccc1. The van der Waals surface area contributed by atoms with E-state index in [0.29, 0.717) is 6.54 Å². The van der Waals surface area contributed by atoms with Crippen LogP contribution in [-0.2, 0) is 11.2 Å². The molecular formula is C10H12NO. The number of hydrogen-bond donors (Lipinski definition) is 1. The lowest BCUT2D eigenvalue weighted by atomic mass is 10.1. The molecule has 0 heterocycles. The number of rotatable bonds is 3. The maximum atomic E-state index is 10.5. The third-order valence-corrected chi connectivity index (χ3v) is 1.56. The zero-order chi connectivity index (χ0) is 8.81. The molecule has 1 rings (SSSR count). The summed E-state index contributed by atoms with van der Waals surface area (Å²) in [6.45, 7) is 2.23. The summed E-state index contributed by atoms with van der Waals surface area (Å²) in [6.07, 6.45) is 0.872. The van der Waals surface area contributed by atoms with Gasteiger partial charge in [0, 0.05) is 13.5 Å². The summed E-state index contributed by atoms with van der Waals surface area (Å²) in [7, 11) is 0. The molecule has 12 heavy (non-hydrogen) atoms. The van der Waals surface area contributed by atoms with E-state index in [1.54, 1.807) is 0 Å². The van der Waals surface area contributed by atoms with Gasteiger partial charge in [0.2, 0.25) is 5.91 Å². The van der Waals surface area contributed by atoms with Crippen LogP contribution in [0.1, 0.15) is 12.5 Å². The smallest absolute Gasteiger partial charge is 0.216 e. The Morgan fingerprint density at radius 1 is 1.67 bits per heavy atom. The zero-order valence-corrected chi connectivity index (χ0v) is 7.13. The minimum atomic E-state index is 0.0231. The summed E-state index contributed by atoms with van der Waals surface area (Å²) in [6, 6.07) is 10.8. The van der Waals surface area contributed by atoms with Gasteiger partial charge in [-0.25, -0.2) is 0 Å². The molecule has 2 nitrogen and oxygen atoms in total. The normalized spacial score (nSPS) is 9.42. The van der Waals surface area contributed by atoms with Gasteiger partial charge in [-0.1, -0.05) is 24.3 Å². The maximum Gasteiger partial charge on any atom is 0.216 e. The largest absolute Gasteiger partial charge is 0.356 e. The first-order valence-electron chi connectivity index (χ1n) is 3.98. The molecule has 1 aromatic rings. The minimum absolute atomic E-state index is 0.0231. The fourth-order valence-electron chi connectivity index (χ4n) is 0.969. The zero-order valence-electron chi connectivity index (χ0n) is 7.13. The molecule has 0 aliphatic carbocycles. The van der Waals surface area contributed by atoms with Crippen molar-refractivity contribution < 1.29 is 4.79 Å². The van der Waals surface area contributed by atoms with Crippen LogP contribution >= 0.6 is 0 Å². The van der Waals surface area contributed by atoms with Gasteiger partial charge in [-0.05, 0) is 18.1 Å². The van der Waals surface area contributed by atoms with Crippen LogP contribution < -0.4 is 5.32 Å². The Hall–Kier alpha value is -1.31. The Balaban J connectivity index is 2.29. The van der Waals surface area contributed by atoms with Gasteiger partial charge in [-0.3, -0.25) is 4.79 Å². The van der Waals surface area contributed by atoms with Gasteiger partial charge in [0.05, 0.1) is 0 Å². The summed E-state index contributed by atoms with van der Waals surface area (Å²) in [5.74, 6) is 0.0231. The number of hydrogen-bond acceptors (Lipinski definition) is 1. The third kappa shape index (κ3) is 3.19. The van der Waals surface area contributed by atoms with Gasteiger partial charge in [-0.2, -0.15) is 0 Å². The average molecular weight is 162 g/mol. The molecule has 63 valence electrons. The number of amides is 1. The lowest BCUT2D eigenvalue weighted by molar-refractivity contribution is -0.118. The highest BCUT2D eigenvalue weighted by molar-refractivity contribution is 5.72. The second kappa shape index (κ2) is 4.54. The standard InChI is InChI=1S/C10H12NO/c1-9(12)11-8-7-10-5-3-2-4-6-10/h2-3,5-6H,7-8H2,1H3,(H,11,12). The Bertz CT molecular complexity index is 243. The van der Waals surface area contributed by atoms with Crippen molar-refractivity contribution in [2.75, 3.05) is 6.54 Å². The number of carbonyl (C=O) groups excluding carboxylic acids is 1. The molecule has 0 aromatic heterocycles. The second-order valence-electron chi connectivity index (χ2n) is 2.64. The van der Waals surface area contributed by atoms with Crippen molar-refractivity contribution in [3.05, 3.63) is 35.9 Å². The lowest BCUT2D eigenvalue weighted by Crippen LogP contribution is -2.22. The van der Waals surface area contributed by atoms with Crippen molar-refractivity contribution in [1.82, 2.24) is 5.32 Å². The van der Waals surface area contributed by atoms with Crippen LogP contribution in [0.5, 0.6) is 0 Å². The van der Waals surface area contributed by atoms with Crippen LogP contribution in [0.2, 0.25) is 0 Å². The molecule has 0 saturated heterocycles. The maximum absolute atomic E-state index is 10.5. The third-order valence-electron chi connectivity index (χ3n) is 1.56. The van der Waals surface area contributed by atoms with E-state index in [-0.39, 0.29) is 5.91 Å². The molecule has 1 amide bonds. The van der Waals surface area contributed by atoms with Crippen LogP contribution in [0.15, 0.2) is 24.3 Å². The average Bonchev–Trinajstić information content (AvgIpc) is 2.05. The highest BCUT2D eigenvalue weighted by Crippen LogP contribution is 1.97. The van der Waals surface area contributed by atoms with Gasteiger partial charge in [-0.15, -0.1) is 0 Å². The summed E-state index contributed by atoms with van der Waals surface area (Å²) in [4.78, 5) is 10.5. The van der Waals surface area contributed by atoms with Crippen LogP contribution in [0, 0.1) is 6.07 Å². The van der Waals surface area contributed by atoms with E-state index in [4.69, 9.17) is 0 Å². The lowest BCUT2D eigenvalue weighted by Gasteiger charge is -2.00. The van der Waals surface area contributed by atoms with Gasteiger partial charge in [0.15, 0.2) is 0 Å². The first kappa shape index (κ1) is 8.78. The van der Waals surface area contributed by atoms with Crippen molar-refractivity contribution in [2.24, 2.45) is 0 Å². The number of benzene rings is 1.